The second kappa shape index (κ2) is 8.77. The van der Waals surface area contributed by atoms with Crippen LogP contribution >= 0.6 is 11.6 Å². The highest BCUT2D eigenvalue weighted by Gasteiger charge is 2.25. The molecule has 154 valence electrons. The van der Waals surface area contributed by atoms with Gasteiger partial charge in [-0.25, -0.2) is 0 Å². The van der Waals surface area contributed by atoms with E-state index in [0.29, 0.717) is 6.61 Å². The molecule has 1 N–H and O–H groups in total. The van der Waals surface area contributed by atoms with E-state index in [9.17, 15) is 0 Å². The fraction of sp³-hybridized carbons (Fsp3) is 0.385. The number of benzene rings is 3. The van der Waals surface area contributed by atoms with E-state index in [4.69, 9.17) is 16.3 Å². The molecule has 2 nitrogen and oxygen atoms in total. The molecule has 0 bridgehead atoms. The predicted octanol–water partition coefficient (Wildman–Crippen LogP) is 7.38. The van der Waals surface area contributed by atoms with Gasteiger partial charge in [0.1, 0.15) is 12.4 Å². The SMILES string of the molecule is CC(C)(C)CC(C)(C)NCc1c(OCc2cccc(Cl)c2)ccc2ccccc12. The van der Waals surface area contributed by atoms with Crippen molar-refractivity contribution in [3.63, 3.8) is 0 Å². The number of hydrogen-bond donors (Lipinski definition) is 1. The molecule has 0 fully saturated rings. The van der Waals surface area contributed by atoms with E-state index in [2.05, 4.69) is 76.3 Å². The van der Waals surface area contributed by atoms with Gasteiger partial charge in [-0.2, -0.15) is 0 Å². The molecular formula is C26H32ClNO. The lowest BCUT2D eigenvalue weighted by atomic mass is 9.81. The molecule has 29 heavy (non-hydrogen) atoms. The number of rotatable bonds is 7. The summed E-state index contributed by atoms with van der Waals surface area (Å²) in [7, 11) is 0. The first-order valence-electron chi connectivity index (χ1n) is 10.3. The van der Waals surface area contributed by atoms with E-state index in [1.807, 2.05) is 24.3 Å². The molecule has 0 aliphatic rings. The lowest BCUT2D eigenvalue weighted by Crippen LogP contribution is -2.41. The first-order valence-corrected chi connectivity index (χ1v) is 10.6. The molecule has 3 aromatic carbocycles. The molecule has 3 rings (SSSR count). The van der Waals surface area contributed by atoms with Gasteiger partial charge in [0.2, 0.25) is 0 Å². The van der Waals surface area contributed by atoms with Crippen molar-refractivity contribution < 1.29 is 4.74 Å². The maximum atomic E-state index is 6.25. The second-order valence-electron chi connectivity index (χ2n) is 9.66. The van der Waals surface area contributed by atoms with E-state index >= 15 is 0 Å². The van der Waals surface area contributed by atoms with E-state index in [-0.39, 0.29) is 11.0 Å². The molecule has 0 spiro atoms. The Bertz CT molecular complexity index is 972. The number of nitrogens with one attached hydrogen (secondary N) is 1. The summed E-state index contributed by atoms with van der Waals surface area (Å²) in [5.74, 6) is 0.919. The molecule has 3 heteroatoms. The minimum Gasteiger partial charge on any atom is -0.489 e. The molecule has 0 aromatic heterocycles. The molecule has 0 atom stereocenters. The van der Waals surface area contributed by atoms with Crippen LogP contribution in [0.4, 0.5) is 0 Å². The van der Waals surface area contributed by atoms with Crippen molar-refractivity contribution in [2.45, 2.75) is 59.7 Å². The van der Waals surface area contributed by atoms with Crippen molar-refractivity contribution in [3.8, 4) is 5.75 Å². The van der Waals surface area contributed by atoms with Gasteiger partial charge in [0.05, 0.1) is 0 Å². The Kier molecular flexibility index (Phi) is 6.55. The zero-order chi connectivity index (χ0) is 21.1. The van der Waals surface area contributed by atoms with E-state index < -0.39 is 0 Å². The van der Waals surface area contributed by atoms with Crippen LogP contribution in [0.5, 0.6) is 5.75 Å². The zero-order valence-electron chi connectivity index (χ0n) is 18.2. The summed E-state index contributed by atoms with van der Waals surface area (Å²) in [4.78, 5) is 0. The van der Waals surface area contributed by atoms with Crippen LogP contribution in [-0.2, 0) is 13.2 Å². The third-order valence-electron chi connectivity index (χ3n) is 5.00. The summed E-state index contributed by atoms with van der Waals surface area (Å²) in [5.41, 5.74) is 2.56. The summed E-state index contributed by atoms with van der Waals surface area (Å²) < 4.78 is 6.25. The molecule has 0 aliphatic carbocycles. The van der Waals surface area contributed by atoms with Crippen molar-refractivity contribution >= 4 is 22.4 Å². The van der Waals surface area contributed by atoms with Crippen LogP contribution in [0.2, 0.25) is 5.02 Å². The average molecular weight is 410 g/mol. The summed E-state index contributed by atoms with van der Waals surface area (Å²) >= 11 is 6.12. The lowest BCUT2D eigenvalue weighted by Gasteiger charge is -2.34. The fourth-order valence-electron chi connectivity index (χ4n) is 4.14. The van der Waals surface area contributed by atoms with Crippen molar-refractivity contribution in [2.24, 2.45) is 5.41 Å². The Morgan fingerprint density at radius 1 is 0.897 bits per heavy atom. The Morgan fingerprint density at radius 3 is 2.38 bits per heavy atom. The number of halogens is 1. The third-order valence-corrected chi connectivity index (χ3v) is 5.23. The molecule has 0 amide bonds. The Balaban J connectivity index is 1.86. The van der Waals surface area contributed by atoms with E-state index in [1.165, 1.54) is 16.3 Å². The van der Waals surface area contributed by atoms with Crippen molar-refractivity contribution in [1.29, 1.82) is 0 Å². The minimum atomic E-state index is 0.0272. The Labute approximate surface area is 180 Å². The van der Waals surface area contributed by atoms with E-state index in [1.54, 1.807) is 0 Å². The number of hydrogen-bond acceptors (Lipinski definition) is 2. The largest absolute Gasteiger partial charge is 0.489 e. The monoisotopic (exact) mass is 409 g/mol. The molecule has 0 saturated carbocycles. The normalized spacial score (nSPS) is 12.3. The van der Waals surface area contributed by atoms with E-state index in [0.717, 1.165) is 29.3 Å². The first kappa shape index (κ1) is 21.7. The predicted molar refractivity (Wildman–Crippen MR) is 125 cm³/mol. The van der Waals surface area contributed by atoms with Gasteiger partial charge in [0, 0.05) is 22.7 Å². The molecule has 0 radical (unpaired) electrons. The van der Waals surface area contributed by atoms with Gasteiger partial charge in [0.25, 0.3) is 0 Å². The van der Waals surface area contributed by atoms with Crippen molar-refractivity contribution in [3.05, 3.63) is 76.8 Å². The highest BCUT2D eigenvalue weighted by molar-refractivity contribution is 6.30. The molecule has 0 heterocycles. The topological polar surface area (TPSA) is 21.3 Å². The molecule has 3 aromatic rings. The molecular weight excluding hydrogens is 378 g/mol. The van der Waals surface area contributed by atoms with Crippen LogP contribution in [0.3, 0.4) is 0 Å². The standard InChI is InChI=1S/C26H32ClNO/c1-25(2,3)18-26(4,5)28-16-23-22-12-7-6-10-20(22)13-14-24(23)29-17-19-9-8-11-21(27)15-19/h6-15,28H,16-18H2,1-5H3. The Morgan fingerprint density at radius 2 is 1.66 bits per heavy atom. The maximum Gasteiger partial charge on any atom is 0.124 e. The van der Waals surface area contributed by atoms with Gasteiger partial charge < -0.3 is 10.1 Å². The highest BCUT2D eigenvalue weighted by Crippen LogP contribution is 2.31. The second-order valence-corrected chi connectivity index (χ2v) is 10.1. The summed E-state index contributed by atoms with van der Waals surface area (Å²) in [6.45, 7) is 12.7. The zero-order valence-corrected chi connectivity index (χ0v) is 18.9. The maximum absolute atomic E-state index is 6.25. The van der Waals surface area contributed by atoms with Crippen LogP contribution in [0.1, 0.15) is 52.2 Å². The number of ether oxygens (including phenoxy) is 1. The lowest BCUT2D eigenvalue weighted by molar-refractivity contribution is 0.239. The van der Waals surface area contributed by atoms with Crippen molar-refractivity contribution in [1.82, 2.24) is 5.32 Å². The summed E-state index contributed by atoms with van der Waals surface area (Å²) in [6, 6.07) is 20.5. The van der Waals surface area contributed by atoms with Gasteiger partial charge in [-0.15, -0.1) is 0 Å². The van der Waals surface area contributed by atoms with Crippen LogP contribution in [0.15, 0.2) is 60.7 Å². The highest BCUT2D eigenvalue weighted by atomic mass is 35.5. The van der Waals surface area contributed by atoms with Gasteiger partial charge in [-0.3, -0.25) is 0 Å². The van der Waals surface area contributed by atoms with Gasteiger partial charge in [-0.1, -0.05) is 74.8 Å². The third kappa shape index (κ3) is 6.22. The molecule has 0 saturated heterocycles. The Hall–Kier alpha value is -2.03. The molecule has 0 unspecified atom stereocenters. The summed E-state index contributed by atoms with van der Waals surface area (Å²) in [6.07, 6.45) is 1.09. The molecule has 0 aliphatic heterocycles. The average Bonchev–Trinajstić information content (AvgIpc) is 2.63. The minimum absolute atomic E-state index is 0.0272. The van der Waals surface area contributed by atoms with Crippen molar-refractivity contribution in [2.75, 3.05) is 0 Å². The van der Waals surface area contributed by atoms with Gasteiger partial charge in [0.15, 0.2) is 0 Å². The fourth-order valence-corrected chi connectivity index (χ4v) is 4.35. The van der Waals surface area contributed by atoms with Crippen LogP contribution in [-0.4, -0.2) is 5.54 Å². The summed E-state index contributed by atoms with van der Waals surface area (Å²) in [5, 5.41) is 6.96. The first-order chi connectivity index (χ1) is 13.6. The number of fused-ring (bicyclic) bond motifs is 1. The van der Waals surface area contributed by atoms with Gasteiger partial charge >= 0.3 is 0 Å². The van der Waals surface area contributed by atoms with Crippen LogP contribution in [0, 0.1) is 5.41 Å². The van der Waals surface area contributed by atoms with Crippen LogP contribution < -0.4 is 10.1 Å². The smallest absolute Gasteiger partial charge is 0.124 e. The quantitative estimate of drug-likeness (QED) is 0.439. The van der Waals surface area contributed by atoms with Gasteiger partial charge in [-0.05, 0) is 60.2 Å². The van der Waals surface area contributed by atoms with Crippen LogP contribution in [0.25, 0.3) is 10.8 Å².